The zero-order valence-electron chi connectivity index (χ0n) is 10.9. The average Bonchev–Trinajstić information content (AvgIpc) is 2.27. The summed E-state index contributed by atoms with van der Waals surface area (Å²) in [6.45, 7) is 8.51. The standard InChI is InChI=1S/C13H29NO/c1-4-7-8-9-10-11-12-13-14(15,5-2)6-3/h4-13H2,1-3H3. The molecule has 0 unspecified atom stereocenters. The fourth-order valence-corrected chi connectivity index (χ4v) is 1.90. The second-order valence-electron chi connectivity index (χ2n) is 4.54. The molecule has 0 aliphatic carbocycles. The zero-order valence-corrected chi connectivity index (χ0v) is 10.9. The molecule has 2 nitrogen and oxygen atoms in total. The summed E-state index contributed by atoms with van der Waals surface area (Å²) in [5.41, 5.74) is 0. The highest BCUT2D eigenvalue weighted by atomic mass is 16.5. The summed E-state index contributed by atoms with van der Waals surface area (Å²) in [5.74, 6) is 0. The second-order valence-corrected chi connectivity index (χ2v) is 4.54. The van der Waals surface area contributed by atoms with Crippen molar-refractivity contribution in [1.29, 1.82) is 0 Å². The number of rotatable bonds is 10. The Morgan fingerprint density at radius 3 is 1.67 bits per heavy atom. The van der Waals surface area contributed by atoms with Crippen molar-refractivity contribution in [3.8, 4) is 0 Å². The summed E-state index contributed by atoms with van der Waals surface area (Å²) >= 11 is 0. The van der Waals surface area contributed by atoms with E-state index in [2.05, 4.69) is 6.92 Å². The normalized spacial score (nSPS) is 12.0. The van der Waals surface area contributed by atoms with Crippen molar-refractivity contribution in [2.24, 2.45) is 0 Å². The minimum absolute atomic E-state index is 0.00889. The van der Waals surface area contributed by atoms with E-state index in [4.69, 9.17) is 0 Å². The molecule has 0 saturated carbocycles. The summed E-state index contributed by atoms with van der Waals surface area (Å²) in [6, 6.07) is 0. The van der Waals surface area contributed by atoms with Crippen molar-refractivity contribution in [3.05, 3.63) is 5.21 Å². The highest BCUT2D eigenvalue weighted by Crippen LogP contribution is 2.10. The minimum atomic E-state index is 0.00889. The maximum Gasteiger partial charge on any atom is 0.0783 e. The number of hydrogen-bond acceptors (Lipinski definition) is 1. The van der Waals surface area contributed by atoms with E-state index in [1.165, 1.54) is 38.5 Å². The van der Waals surface area contributed by atoms with E-state index in [1.807, 2.05) is 13.8 Å². The van der Waals surface area contributed by atoms with Crippen LogP contribution in [0.1, 0.15) is 65.7 Å². The third-order valence-corrected chi connectivity index (χ3v) is 3.32. The molecule has 0 heterocycles. The Hall–Kier alpha value is -0.0800. The molecule has 0 spiro atoms. The fourth-order valence-electron chi connectivity index (χ4n) is 1.90. The van der Waals surface area contributed by atoms with Gasteiger partial charge in [-0.1, -0.05) is 39.0 Å². The molecule has 0 aromatic rings. The molecule has 0 amide bonds. The van der Waals surface area contributed by atoms with E-state index < -0.39 is 0 Å². The van der Waals surface area contributed by atoms with E-state index in [9.17, 15) is 5.21 Å². The number of quaternary nitrogens is 1. The van der Waals surface area contributed by atoms with Gasteiger partial charge in [0.15, 0.2) is 0 Å². The van der Waals surface area contributed by atoms with E-state index in [1.54, 1.807) is 0 Å². The Labute approximate surface area is 95.8 Å². The molecule has 0 aromatic heterocycles. The van der Waals surface area contributed by atoms with Crippen LogP contribution in [0.2, 0.25) is 0 Å². The lowest BCUT2D eigenvalue weighted by Crippen LogP contribution is -2.42. The Kier molecular flexibility index (Phi) is 9.12. The maximum atomic E-state index is 11.9. The van der Waals surface area contributed by atoms with Gasteiger partial charge in [-0.05, 0) is 26.7 Å². The monoisotopic (exact) mass is 215 g/mol. The van der Waals surface area contributed by atoms with E-state index in [-0.39, 0.29) is 4.65 Å². The molecule has 92 valence electrons. The molecule has 0 aliphatic rings. The first kappa shape index (κ1) is 14.9. The molecule has 0 atom stereocenters. The average molecular weight is 215 g/mol. The van der Waals surface area contributed by atoms with Crippen LogP contribution in [0.25, 0.3) is 0 Å². The van der Waals surface area contributed by atoms with Crippen LogP contribution in [0, 0.1) is 5.21 Å². The Morgan fingerprint density at radius 1 is 0.733 bits per heavy atom. The molecular formula is C13H29NO. The Balaban J connectivity index is 3.29. The first-order valence-corrected chi connectivity index (χ1v) is 6.75. The molecule has 2 heteroatoms. The SMILES string of the molecule is CCCCCCCCC[N+]([O-])(CC)CC. The second kappa shape index (κ2) is 9.17. The number of hydroxylamine groups is 3. The van der Waals surface area contributed by atoms with Crippen LogP contribution in [0.5, 0.6) is 0 Å². The van der Waals surface area contributed by atoms with Crippen molar-refractivity contribution in [3.63, 3.8) is 0 Å². The highest BCUT2D eigenvalue weighted by molar-refractivity contribution is 4.46. The first-order valence-electron chi connectivity index (χ1n) is 6.75. The van der Waals surface area contributed by atoms with Crippen molar-refractivity contribution < 1.29 is 4.65 Å². The van der Waals surface area contributed by atoms with Crippen molar-refractivity contribution in [2.45, 2.75) is 65.7 Å². The predicted molar refractivity (Wildman–Crippen MR) is 67.6 cm³/mol. The molecule has 15 heavy (non-hydrogen) atoms. The number of unbranched alkanes of at least 4 members (excludes halogenated alkanes) is 6. The van der Waals surface area contributed by atoms with Crippen LogP contribution in [-0.4, -0.2) is 24.3 Å². The Bertz CT molecular complexity index is 132. The van der Waals surface area contributed by atoms with Gasteiger partial charge < -0.3 is 9.85 Å². The van der Waals surface area contributed by atoms with Crippen LogP contribution in [0.4, 0.5) is 0 Å². The smallest absolute Gasteiger partial charge is 0.0783 e. The lowest BCUT2D eigenvalue weighted by molar-refractivity contribution is -0.877. The Morgan fingerprint density at radius 2 is 1.20 bits per heavy atom. The molecule has 0 saturated heterocycles. The molecule has 0 bridgehead atoms. The van der Waals surface area contributed by atoms with Crippen LogP contribution in [0.15, 0.2) is 0 Å². The van der Waals surface area contributed by atoms with Gasteiger partial charge in [0.2, 0.25) is 0 Å². The van der Waals surface area contributed by atoms with Crippen LogP contribution in [-0.2, 0) is 0 Å². The summed E-state index contributed by atoms with van der Waals surface area (Å²) in [4.78, 5) is 0. The van der Waals surface area contributed by atoms with Crippen molar-refractivity contribution >= 4 is 0 Å². The van der Waals surface area contributed by atoms with Gasteiger partial charge in [-0.15, -0.1) is 0 Å². The van der Waals surface area contributed by atoms with Gasteiger partial charge >= 0.3 is 0 Å². The lowest BCUT2D eigenvalue weighted by atomic mass is 10.1. The maximum absolute atomic E-state index is 11.9. The third kappa shape index (κ3) is 7.80. The summed E-state index contributed by atoms with van der Waals surface area (Å²) < 4.78 is 0.00889. The molecular weight excluding hydrogens is 186 g/mol. The number of hydrogen-bond donors (Lipinski definition) is 0. The quantitative estimate of drug-likeness (QED) is 0.306. The van der Waals surface area contributed by atoms with Crippen LogP contribution >= 0.6 is 0 Å². The van der Waals surface area contributed by atoms with Gasteiger partial charge in [0.1, 0.15) is 0 Å². The van der Waals surface area contributed by atoms with Crippen LogP contribution in [0.3, 0.4) is 0 Å². The van der Waals surface area contributed by atoms with Crippen molar-refractivity contribution in [1.82, 2.24) is 0 Å². The fraction of sp³-hybridized carbons (Fsp3) is 1.00. The molecule has 0 fully saturated rings. The molecule has 0 N–H and O–H groups in total. The summed E-state index contributed by atoms with van der Waals surface area (Å²) in [6.07, 6.45) is 9.06. The minimum Gasteiger partial charge on any atom is -0.633 e. The largest absolute Gasteiger partial charge is 0.633 e. The summed E-state index contributed by atoms with van der Waals surface area (Å²) in [7, 11) is 0. The van der Waals surface area contributed by atoms with Crippen molar-refractivity contribution in [2.75, 3.05) is 19.6 Å². The molecule has 0 rings (SSSR count). The number of nitrogens with zero attached hydrogens (tertiary/aromatic N) is 1. The molecule has 0 aromatic carbocycles. The topological polar surface area (TPSA) is 23.1 Å². The molecule has 0 aliphatic heterocycles. The van der Waals surface area contributed by atoms with E-state index in [0.717, 1.165) is 26.1 Å². The first-order chi connectivity index (χ1) is 7.18. The van der Waals surface area contributed by atoms with Gasteiger partial charge in [-0.25, -0.2) is 0 Å². The highest BCUT2D eigenvalue weighted by Gasteiger charge is 2.09. The summed E-state index contributed by atoms with van der Waals surface area (Å²) in [5, 5.41) is 11.9. The van der Waals surface area contributed by atoms with Gasteiger partial charge in [-0.3, -0.25) is 0 Å². The van der Waals surface area contributed by atoms with E-state index in [0.29, 0.717) is 0 Å². The van der Waals surface area contributed by atoms with Gasteiger partial charge in [0, 0.05) is 0 Å². The van der Waals surface area contributed by atoms with Crippen LogP contribution < -0.4 is 0 Å². The van der Waals surface area contributed by atoms with E-state index >= 15 is 0 Å². The molecule has 0 radical (unpaired) electrons. The van der Waals surface area contributed by atoms with Gasteiger partial charge in [-0.2, -0.15) is 0 Å². The lowest BCUT2D eigenvalue weighted by Gasteiger charge is -2.41. The zero-order chi connectivity index (χ0) is 11.6. The van der Waals surface area contributed by atoms with Gasteiger partial charge in [0.25, 0.3) is 0 Å². The van der Waals surface area contributed by atoms with Gasteiger partial charge in [0.05, 0.1) is 19.6 Å². The third-order valence-electron chi connectivity index (χ3n) is 3.32. The predicted octanol–water partition coefficient (Wildman–Crippen LogP) is 4.09.